The summed E-state index contributed by atoms with van der Waals surface area (Å²) in [6.07, 6.45) is 4.85. The summed E-state index contributed by atoms with van der Waals surface area (Å²) < 4.78 is 0. The van der Waals surface area contributed by atoms with E-state index in [4.69, 9.17) is 0 Å². The first kappa shape index (κ1) is 15.5. The van der Waals surface area contributed by atoms with Gasteiger partial charge in [0.25, 0.3) is 0 Å². The molecular formula is C15H29NO2. The third-order valence-electron chi connectivity index (χ3n) is 4.06. The molecule has 0 bridgehead atoms. The summed E-state index contributed by atoms with van der Waals surface area (Å²) in [7, 11) is 0. The van der Waals surface area contributed by atoms with Crippen molar-refractivity contribution < 1.29 is 9.90 Å². The standard InChI is InChI=1S/C15H29NO2/c1-6-8-15(9-7-2)10-16(11-15)12(13(17)18)14(3,4)5/h12H,6-11H2,1-5H3,(H,17,18). The molecule has 1 fully saturated rings. The molecule has 0 amide bonds. The Morgan fingerprint density at radius 1 is 1.22 bits per heavy atom. The molecule has 1 saturated heterocycles. The molecule has 1 atom stereocenters. The highest BCUT2D eigenvalue weighted by atomic mass is 16.4. The Labute approximate surface area is 112 Å². The highest BCUT2D eigenvalue weighted by Crippen LogP contribution is 2.43. The van der Waals surface area contributed by atoms with Crippen molar-refractivity contribution in [3.05, 3.63) is 0 Å². The van der Waals surface area contributed by atoms with E-state index in [2.05, 4.69) is 18.7 Å². The number of carbonyl (C=O) groups is 1. The second-order valence-corrected chi connectivity index (χ2v) is 7.01. The third kappa shape index (κ3) is 3.25. The zero-order valence-corrected chi connectivity index (χ0v) is 12.6. The maximum atomic E-state index is 11.5. The molecular weight excluding hydrogens is 226 g/mol. The second kappa shape index (κ2) is 5.60. The molecule has 0 aliphatic carbocycles. The molecule has 3 heteroatoms. The predicted octanol–water partition coefficient (Wildman–Crippen LogP) is 3.39. The van der Waals surface area contributed by atoms with E-state index < -0.39 is 5.97 Å². The largest absolute Gasteiger partial charge is 0.480 e. The first-order valence-electron chi connectivity index (χ1n) is 7.22. The molecule has 1 rings (SSSR count). The fraction of sp³-hybridized carbons (Fsp3) is 0.933. The molecule has 1 N–H and O–H groups in total. The van der Waals surface area contributed by atoms with E-state index in [9.17, 15) is 9.90 Å². The lowest BCUT2D eigenvalue weighted by molar-refractivity contribution is -0.157. The molecule has 0 saturated carbocycles. The average Bonchev–Trinajstić information content (AvgIpc) is 2.12. The molecule has 0 aromatic rings. The normalized spacial score (nSPS) is 21.4. The minimum atomic E-state index is -0.677. The minimum absolute atomic E-state index is 0.198. The molecule has 0 radical (unpaired) electrons. The maximum absolute atomic E-state index is 11.5. The van der Waals surface area contributed by atoms with Crippen LogP contribution in [-0.2, 0) is 4.79 Å². The Balaban J connectivity index is 2.70. The Morgan fingerprint density at radius 3 is 1.94 bits per heavy atom. The number of likely N-dealkylation sites (tertiary alicyclic amines) is 1. The lowest BCUT2D eigenvalue weighted by Crippen LogP contribution is -2.64. The lowest BCUT2D eigenvalue weighted by atomic mass is 9.70. The summed E-state index contributed by atoms with van der Waals surface area (Å²) in [5, 5.41) is 9.43. The van der Waals surface area contributed by atoms with Crippen molar-refractivity contribution in [2.45, 2.75) is 66.3 Å². The number of carboxylic acid groups (broad SMARTS) is 1. The van der Waals surface area contributed by atoms with Crippen molar-refractivity contribution >= 4 is 5.97 Å². The molecule has 18 heavy (non-hydrogen) atoms. The minimum Gasteiger partial charge on any atom is -0.480 e. The van der Waals surface area contributed by atoms with Crippen LogP contribution in [0.2, 0.25) is 0 Å². The van der Waals surface area contributed by atoms with Crippen molar-refractivity contribution in [3.63, 3.8) is 0 Å². The fourth-order valence-corrected chi connectivity index (χ4v) is 3.57. The van der Waals surface area contributed by atoms with E-state index in [1.807, 2.05) is 20.8 Å². The number of rotatable bonds is 6. The van der Waals surface area contributed by atoms with Crippen LogP contribution in [0.5, 0.6) is 0 Å². The molecule has 0 aromatic carbocycles. The zero-order valence-electron chi connectivity index (χ0n) is 12.6. The van der Waals surface area contributed by atoms with Gasteiger partial charge in [0.05, 0.1) is 0 Å². The molecule has 1 aliphatic rings. The van der Waals surface area contributed by atoms with Gasteiger partial charge in [-0.25, -0.2) is 0 Å². The van der Waals surface area contributed by atoms with Gasteiger partial charge < -0.3 is 5.11 Å². The van der Waals surface area contributed by atoms with Crippen molar-refractivity contribution in [2.24, 2.45) is 10.8 Å². The van der Waals surface area contributed by atoms with E-state index in [1.165, 1.54) is 25.7 Å². The zero-order chi connectivity index (χ0) is 14.0. The van der Waals surface area contributed by atoms with Gasteiger partial charge in [-0.3, -0.25) is 9.69 Å². The van der Waals surface area contributed by atoms with Crippen LogP contribution < -0.4 is 0 Å². The van der Waals surface area contributed by atoms with Gasteiger partial charge >= 0.3 is 5.97 Å². The van der Waals surface area contributed by atoms with Gasteiger partial charge in [0.2, 0.25) is 0 Å². The van der Waals surface area contributed by atoms with Gasteiger partial charge in [-0.15, -0.1) is 0 Å². The summed E-state index contributed by atoms with van der Waals surface area (Å²) in [5.74, 6) is -0.677. The van der Waals surface area contributed by atoms with Gasteiger partial charge in [-0.2, -0.15) is 0 Å². The Bertz CT molecular complexity index is 279. The Kier molecular flexibility index (Phi) is 4.82. The summed E-state index contributed by atoms with van der Waals surface area (Å²) in [5.41, 5.74) is 0.193. The van der Waals surface area contributed by atoms with E-state index in [0.29, 0.717) is 5.41 Å². The molecule has 0 spiro atoms. The molecule has 3 nitrogen and oxygen atoms in total. The SMILES string of the molecule is CCCC1(CCC)CN(C(C(=O)O)C(C)(C)C)C1. The summed E-state index contributed by atoms with van der Waals surface area (Å²) in [6.45, 7) is 12.4. The first-order chi connectivity index (χ1) is 8.25. The Hall–Kier alpha value is -0.570. The average molecular weight is 255 g/mol. The summed E-state index contributed by atoms with van der Waals surface area (Å²) in [6, 6.07) is -0.348. The van der Waals surface area contributed by atoms with Gasteiger partial charge in [0.15, 0.2) is 0 Å². The maximum Gasteiger partial charge on any atom is 0.321 e. The fourth-order valence-electron chi connectivity index (χ4n) is 3.57. The topological polar surface area (TPSA) is 40.5 Å². The van der Waals surface area contributed by atoms with Crippen molar-refractivity contribution in [1.82, 2.24) is 4.90 Å². The number of carboxylic acids is 1. The molecule has 0 aromatic heterocycles. The van der Waals surface area contributed by atoms with Crippen LogP contribution in [0.3, 0.4) is 0 Å². The number of hydrogen-bond acceptors (Lipinski definition) is 2. The van der Waals surface area contributed by atoms with Crippen LogP contribution in [0, 0.1) is 10.8 Å². The van der Waals surface area contributed by atoms with Crippen LogP contribution in [0.4, 0.5) is 0 Å². The van der Waals surface area contributed by atoms with E-state index in [-0.39, 0.29) is 11.5 Å². The van der Waals surface area contributed by atoms with Crippen molar-refractivity contribution in [2.75, 3.05) is 13.1 Å². The molecule has 106 valence electrons. The highest BCUT2D eigenvalue weighted by molar-refractivity contribution is 5.74. The van der Waals surface area contributed by atoms with E-state index in [0.717, 1.165) is 13.1 Å². The monoisotopic (exact) mass is 255 g/mol. The smallest absolute Gasteiger partial charge is 0.321 e. The quantitative estimate of drug-likeness (QED) is 0.791. The van der Waals surface area contributed by atoms with E-state index in [1.54, 1.807) is 0 Å². The molecule has 1 aliphatic heterocycles. The van der Waals surface area contributed by atoms with Crippen molar-refractivity contribution in [1.29, 1.82) is 0 Å². The number of hydrogen-bond donors (Lipinski definition) is 1. The van der Waals surface area contributed by atoms with Gasteiger partial charge in [0, 0.05) is 13.1 Å². The van der Waals surface area contributed by atoms with Crippen molar-refractivity contribution in [3.8, 4) is 0 Å². The number of nitrogens with zero attached hydrogens (tertiary/aromatic N) is 1. The predicted molar refractivity (Wildman–Crippen MR) is 74.7 cm³/mol. The Morgan fingerprint density at radius 2 is 1.67 bits per heavy atom. The van der Waals surface area contributed by atoms with Gasteiger partial charge in [-0.05, 0) is 23.7 Å². The van der Waals surface area contributed by atoms with E-state index >= 15 is 0 Å². The summed E-state index contributed by atoms with van der Waals surface area (Å²) >= 11 is 0. The highest BCUT2D eigenvalue weighted by Gasteiger charge is 2.49. The van der Waals surface area contributed by atoms with Crippen LogP contribution in [-0.4, -0.2) is 35.1 Å². The van der Waals surface area contributed by atoms with Crippen LogP contribution in [0.25, 0.3) is 0 Å². The van der Waals surface area contributed by atoms with Gasteiger partial charge in [-0.1, -0.05) is 47.5 Å². The lowest BCUT2D eigenvalue weighted by Gasteiger charge is -2.55. The molecule has 1 unspecified atom stereocenters. The third-order valence-corrected chi connectivity index (χ3v) is 4.06. The second-order valence-electron chi connectivity index (χ2n) is 7.01. The first-order valence-corrected chi connectivity index (χ1v) is 7.22. The van der Waals surface area contributed by atoms with Crippen LogP contribution in [0.15, 0.2) is 0 Å². The van der Waals surface area contributed by atoms with Crippen LogP contribution in [0.1, 0.15) is 60.3 Å². The molecule has 1 heterocycles. The number of aliphatic carboxylic acids is 1. The van der Waals surface area contributed by atoms with Crippen LogP contribution >= 0.6 is 0 Å². The summed E-state index contributed by atoms with van der Waals surface area (Å²) in [4.78, 5) is 13.6. The van der Waals surface area contributed by atoms with Gasteiger partial charge in [0.1, 0.15) is 6.04 Å².